The van der Waals surface area contributed by atoms with Crippen molar-refractivity contribution in [2.45, 2.75) is 19.4 Å². The third-order valence-electron chi connectivity index (χ3n) is 4.23. The number of aryl methyl sites for hydroxylation is 2. The summed E-state index contributed by atoms with van der Waals surface area (Å²) >= 11 is 0. The van der Waals surface area contributed by atoms with Crippen molar-refractivity contribution < 1.29 is 14.3 Å². The van der Waals surface area contributed by atoms with Gasteiger partial charge in [-0.1, -0.05) is 17.7 Å². The monoisotopic (exact) mass is 329 g/mol. The van der Waals surface area contributed by atoms with Crippen LogP contribution < -0.4 is 10.1 Å². The van der Waals surface area contributed by atoms with E-state index < -0.39 is 0 Å². The number of hydrogen-bond acceptors (Lipinski definition) is 4. The van der Waals surface area contributed by atoms with Gasteiger partial charge in [-0.15, -0.1) is 0 Å². The van der Waals surface area contributed by atoms with Gasteiger partial charge in [0, 0.05) is 26.0 Å². The number of amides is 1. The van der Waals surface area contributed by atoms with E-state index in [1.165, 1.54) is 5.56 Å². The Kier molecular flexibility index (Phi) is 5.15. The first-order valence-corrected chi connectivity index (χ1v) is 8.21. The smallest absolute Gasteiger partial charge is 0.226 e. The zero-order valence-corrected chi connectivity index (χ0v) is 14.1. The van der Waals surface area contributed by atoms with E-state index in [-0.39, 0.29) is 17.9 Å². The molecule has 6 heteroatoms. The van der Waals surface area contributed by atoms with Crippen LogP contribution in [0.5, 0.6) is 5.75 Å². The Morgan fingerprint density at radius 1 is 1.42 bits per heavy atom. The number of nitrogens with zero attached hydrogens (tertiary/aromatic N) is 2. The minimum absolute atomic E-state index is 0.00648. The van der Waals surface area contributed by atoms with Crippen LogP contribution in [-0.2, 0) is 16.6 Å². The van der Waals surface area contributed by atoms with Crippen molar-refractivity contribution in [2.24, 2.45) is 13.0 Å². The molecule has 24 heavy (non-hydrogen) atoms. The van der Waals surface area contributed by atoms with Crippen molar-refractivity contribution in [3.05, 3.63) is 48.0 Å². The summed E-state index contributed by atoms with van der Waals surface area (Å²) in [4.78, 5) is 16.7. The Bertz CT molecular complexity index is 681. The predicted molar refractivity (Wildman–Crippen MR) is 89.7 cm³/mol. The molecular formula is C18H23N3O3. The van der Waals surface area contributed by atoms with E-state index in [0.717, 1.165) is 11.6 Å². The van der Waals surface area contributed by atoms with E-state index in [0.29, 0.717) is 26.2 Å². The number of hydrogen-bond donors (Lipinski definition) is 1. The Hall–Kier alpha value is -2.34. The summed E-state index contributed by atoms with van der Waals surface area (Å²) in [6.45, 7) is 3.52. The third kappa shape index (κ3) is 3.76. The molecule has 128 valence electrons. The highest BCUT2D eigenvalue weighted by Crippen LogP contribution is 2.33. The average Bonchev–Trinajstić information content (AvgIpc) is 3.21. The molecule has 1 aliphatic heterocycles. The van der Waals surface area contributed by atoms with Crippen LogP contribution in [0.3, 0.4) is 0 Å². The maximum Gasteiger partial charge on any atom is 0.226 e. The second kappa shape index (κ2) is 7.49. The molecule has 2 heterocycles. The normalized spacial score (nSPS) is 20.1. The molecule has 0 bridgehead atoms. The highest BCUT2D eigenvalue weighted by molar-refractivity contribution is 5.79. The van der Waals surface area contributed by atoms with Crippen LogP contribution >= 0.6 is 0 Å². The Morgan fingerprint density at radius 3 is 2.92 bits per heavy atom. The van der Waals surface area contributed by atoms with Crippen molar-refractivity contribution in [3.8, 4) is 5.75 Å². The van der Waals surface area contributed by atoms with Crippen LogP contribution in [0.4, 0.5) is 0 Å². The number of ether oxygens (including phenoxy) is 2. The van der Waals surface area contributed by atoms with Crippen LogP contribution in [0.25, 0.3) is 0 Å². The molecule has 0 aliphatic carbocycles. The van der Waals surface area contributed by atoms with Gasteiger partial charge in [0.1, 0.15) is 24.3 Å². The van der Waals surface area contributed by atoms with Gasteiger partial charge in [-0.2, -0.15) is 0 Å². The lowest BCUT2D eigenvalue weighted by Crippen LogP contribution is -2.35. The third-order valence-corrected chi connectivity index (χ3v) is 4.23. The standard InChI is InChI=1S/C18H23N3O3/c1-13-3-5-14(6-4-13)23-12-9-20-18(22)15-7-11-24-16(15)17-19-8-10-21(17)2/h3-6,8,10,15-16H,7,9,11-12H2,1-2H3,(H,20,22)/t15-,16-/m1/s1. The highest BCUT2D eigenvalue weighted by Gasteiger charge is 2.37. The Labute approximate surface area is 141 Å². The van der Waals surface area contributed by atoms with Crippen LogP contribution in [-0.4, -0.2) is 35.2 Å². The van der Waals surface area contributed by atoms with Gasteiger partial charge in [0.05, 0.1) is 12.5 Å². The number of aromatic nitrogens is 2. The molecule has 3 rings (SSSR count). The van der Waals surface area contributed by atoms with Gasteiger partial charge in [0.15, 0.2) is 0 Å². The van der Waals surface area contributed by atoms with Gasteiger partial charge in [-0.3, -0.25) is 4.79 Å². The first kappa shape index (κ1) is 16.5. The molecule has 1 amide bonds. The van der Waals surface area contributed by atoms with E-state index in [2.05, 4.69) is 10.3 Å². The van der Waals surface area contributed by atoms with Crippen molar-refractivity contribution in [1.29, 1.82) is 0 Å². The Morgan fingerprint density at radius 2 is 2.21 bits per heavy atom. The van der Waals surface area contributed by atoms with Gasteiger partial charge >= 0.3 is 0 Å². The second-order valence-electron chi connectivity index (χ2n) is 6.04. The minimum atomic E-state index is -0.275. The van der Waals surface area contributed by atoms with Gasteiger partial charge in [-0.25, -0.2) is 4.98 Å². The summed E-state index contributed by atoms with van der Waals surface area (Å²) < 4.78 is 13.3. The Balaban J connectivity index is 1.48. The van der Waals surface area contributed by atoms with Gasteiger partial charge in [-0.05, 0) is 25.5 Å². The number of carbonyl (C=O) groups is 1. The lowest BCUT2D eigenvalue weighted by Gasteiger charge is -2.18. The first-order chi connectivity index (χ1) is 11.6. The molecular weight excluding hydrogens is 306 g/mol. The number of carbonyl (C=O) groups excluding carboxylic acids is 1. The van der Waals surface area contributed by atoms with Gasteiger partial charge in [0.25, 0.3) is 0 Å². The van der Waals surface area contributed by atoms with E-state index in [1.54, 1.807) is 6.20 Å². The molecule has 1 aromatic carbocycles. The molecule has 1 N–H and O–H groups in total. The quantitative estimate of drug-likeness (QED) is 0.823. The SMILES string of the molecule is Cc1ccc(OCCNC(=O)[C@@H]2CCO[C@H]2c2nccn2C)cc1. The maximum absolute atomic E-state index is 12.4. The summed E-state index contributed by atoms with van der Waals surface area (Å²) in [6, 6.07) is 7.86. The average molecular weight is 329 g/mol. The van der Waals surface area contributed by atoms with E-state index in [1.807, 2.05) is 49.0 Å². The fraction of sp³-hybridized carbons (Fsp3) is 0.444. The number of nitrogens with one attached hydrogen (secondary N) is 1. The number of benzene rings is 1. The molecule has 6 nitrogen and oxygen atoms in total. The molecule has 2 atom stereocenters. The van der Waals surface area contributed by atoms with Crippen LogP contribution in [0.15, 0.2) is 36.7 Å². The minimum Gasteiger partial charge on any atom is -0.492 e. The molecule has 2 aromatic rings. The van der Waals surface area contributed by atoms with Crippen molar-refractivity contribution in [1.82, 2.24) is 14.9 Å². The fourth-order valence-electron chi connectivity index (χ4n) is 2.87. The lowest BCUT2D eigenvalue weighted by atomic mass is 10.00. The van der Waals surface area contributed by atoms with Crippen LogP contribution in [0.1, 0.15) is 23.9 Å². The summed E-state index contributed by atoms with van der Waals surface area (Å²) in [5.74, 6) is 1.40. The highest BCUT2D eigenvalue weighted by atomic mass is 16.5. The largest absolute Gasteiger partial charge is 0.492 e. The number of rotatable bonds is 6. The summed E-state index contributed by atoms with van der Waals surface area (Å²) in [7, 11) is 1.91. The van der Waals surface area contributed by atoms with Crippen molar-refractivity contribution >= 4 is 5.91 Å². The summed E-state index contributed by atoms with van der Waals surface area (Å²) in [6.07, 6.45) is 4.02. The van der Waals surface area contributed by atoms with Crippen LogP contribution in [0, 0.1) is 12.8 Å². The topological polar surface area (TPSA) is 65.4 Å². The van der Waals surface area contributed by atoms with E-state index in [9.17, 15) is 4.79 Å². The zero-order chi connectivity index (χ0) is 16.9. The van der Waals surface area contributed by atoms with Crippen molar-refractivity contribution in [3.63, 3.8) is 0 Å². The molecule has 0 spiro atoms. The second-order valence-corrected chi connectivity index (χ2v) is 6.04. The van der Waals surface area contributed by atoms with Gasteiger partial charge in [0.2, 0.25) is 5.91 Å². The van der Waals surface area contributed by atoms with E-state index in [4.69, 9.17) is 9.47 Å². The summed E-state index contributed by atoms with van der Waals surface area (Å²) in [5, 5.41) is 2.94. The lowest BCUT2D eigenvalue weighted by molar-refractivity contribution is -0.127. The molecule has 1 saturated heterocycles. The van der Waals surface area contributed by atoms with Gasteiger partial charge < -0.3 is 19.4 Å². The predicted octanol–water partition coefficient (Wildman–Crippen LogP) is 2.00. The molecule has 1 fully saturated rings. The summed E-state index contributed by atoms with van der Waals surface area (Å²) in [5.41, 5.74) is 1.19. The zero-order valence-electron chi connectivity index (χ0n) is 14.1. The number of imidazole rings is 1. The van der Waals surface area contributed by atoms with Crippen molar-refractivity contribution in [2.75, 3.05) is 19.8 Å². The molecule has 1 aromatic heterocycles. The maximum atomic E-state index is 12.4. The molecule has 1 aliphatic rings. The molecule has 0 radical (unpaired) electrons. The fourth-order valence-corrected chi connectivity index (χ4v) is 2.87. The van der Waals surface area contributed by atoms with Crippen LogP contribution in [0.2, 0.25) is 0 Å². The molecule has 0 unspecified atom stereocenters. The molecule has 0 saturated carbocycles. The first-order valence-electron chi connectivity index (χ1n) is 8.21. The van der Waals surface area contributed by atoms with E-state index >= 15 is 0 Å².